The fourth-order valence-corrected chi connectivity index (χ4v) is 6.79. The number of halogens is 1. The van der Waals surface area contributed by atoms with Crippen molar-refractivity contribution >= 4 is 75.2 Å². The van der Waals surface area contributed by atoms with Crippen molar-refractivity contribution in [2.24, 2.45) is 0 Å². The molecule has 3 amide bonds. The van der Waals surface area contributed by atoms with Gasteiger partial charge in [0.2, 0.25) is 5.91 Å². The lowest BCUT2D eigenvalue weighted by molar-refractivity contribution is -0.115. The van der Waals surface area contributed by atoms with Crippen molar-refractivity contribution < 1.29 is 23.9 Å². The number of ether oxygens (including phenoxy) is 1. The van der Waals surface area contributed by atoms with Crippen LogP contribution in [0.25, 0.3) is 17.2 Å². The number of thiophene rings is 1. The number of hydrogen-bond acceptors (Lipinski definition) is 7. The largest absolute Gasteiger partial charge is 0.462 e. The summed E-state index contributed by atoms with van der Waals surface area (Å²) < 4.78 is 5.31. The zero-order valence-corrected chi connectivity index (χ0v) is 29.0. The molecule has 8 nitrogen and oxygen atoms in total. The summed E-state index contributed by atoms with van der Waals surface area (Å²) in [6.45, 7) is 3.69. The number of esters is 1. The number of nitrogens with one attached hydrogen (secondary N) is 3. The SMILES string of the molecule is CCOC(=O)c1c(-c2ccccc2)csc1NC(=O)C(C)Sc1cccc(NC(=O)/C(=C/c2cccc(Cl)c2)NC(=O)c2ccccc2)c1. The van der Waals surface area contributed by atoms with E-state index in [4.69, 9.17) is 16.3 Å². The smallest absolute Gasteiger partial charge is 0.341 e. The average molecular weight is 710 g/mol. The molecule has 248 valence electrons. The van der Waals surface area contributed by atoms with Gasteiger partial charge in [0.25, 0.3) is 11.8 Å². The van der Waals surface area contributed by atoms with Gasteiger partial charge in [0.1, 0.15) is 16.3 Å². The van der Waals surface area contributed by atoms with Gasteiger partial charge in [-0.2, -0.15) is 0 Å². The lowest BCUT2D eigenvalue weighted by Crippen LogP contribution is -2.30. The zero-order valence-electron chi connectivity index (χ0n) is 26.6. The molecule has 0 aliphatic rings. The third-order valence-electron chi connectivity index (χ3n) is 7.05. The van der Waals surface area contributed by atoms with Crippen LogP contribution in [0.1, 0.15) is 40.1 Å². The quantitative estimate of drug-likeness (QED) is 0.0678. The second-order valence-electron chi connectivity index (χ2n) is 10.6. The van der Waals surface area contributed by atoms with Gasteiger partial charge in [-0.25, -0.2) is 4.79 Å². The molecule has 0 fully saturated rings. The Morgan fingerprint density at radius 2 is 1.59 bits per heavy atom. The number of hydrogen-bond donors (Lipinski definition) is 3. The first-order valence-electron chi connectivity index (χ1n) is 15.3. The fourth-order valence-electron chi connectivity index (χ4n) is 4.71. The Morgan fingerprint density at radius 3 is 2.31 bits per heavy atom. The van der Waals surface area contributed by atoms with Crippen LogP contribution in [0.15, 0.2) is 125 Å². The van der Waals surface area contributed by atoms with Crippen molar-refractivity contribution in [3.8, 4) is 11.1 Å². The summed E-state index contributed by atoms with van der Waals surface area (Å²) in [5, 5.41) is 10.6. The molecule has 1 unspecified atom stereocenters. The summed E-state index contributed by atoms with van der Waals surface area (Å²) >= 11 is 8.71. The first-order valence-corrected chi connectivity index (χ1v) is 17.4. The van der Waals surface area contributed by atoms with E-state index in [1.807, 2.05) is 41.8 Å². The van der Waals surface area contributed by atoms with Gasteiger partial charge in [0.05, 0.1) is 11.9 Å². The number of thioether (sulfide) groups is 1. The van der Waals surface area contributed by atoms with E-state index in [9.17, 15) is 19.2 Å². The van der Waals surface area contributed by atoms with Gasteiger partial charge >= 0.3 is 5.97 Å². The average Bonchev–Trinajstić information content (AvgIpc) is 3.52. The Hall–Kier alpha value is -5.16. The summed E-state index contributed by atoms with van der Waals surface area (Å²) in [5.41, 5.74) is 3.35. The maximum absolute atomic E-state index is 13.5. The van der Waals surface area contributed by atoms with Crippen LogP contribution in [-0.2, 0) is 14.3 Å². The third-order valence-corrected chi connectivity index (χ3v) is 9.28. The van der Waals surface area contributed by atoms with E-state index in [1.165, 1.54) is 23.1 Å². The molecule has 1 heterocycles. The summed E-state index contributed by atoms with van der Waals surface area (Å²) in [6.07, 6.45) is 1.55. The number of rotatable bonds is 12. The van der Waals surface area contributed by atoms with Crippen LogP contribution in [-0.4, -0.2) is 35.5 Å². The Kier molecular flexibility index (Phi) is 12.0. The van der Waals surface area contributed by atoms with Crippen molar-refractivity contribution in [1.82, 2.24) is 5.32 Å². The number of carbonyl (C=O) groups excluding carboxylic acids is 4. The van der Waals surface area contributed by atoms with Gasteiger partial charge < -0.3 is 20.7 Å². The molecule has 3 N–H and O–H groups in total. The molecule has 0 radical (unpaired) electrons. The van der Waals surface area contributed by atoms with Crippen molar-refractivity contribution in [2.45, 2.75) is 24.0 Å². The predicted molar refractivity (Wildman–Crippen MR) is 198 cm³/mol. The van der Waals surface area contributed by atoms with Crippen LogP contribution >= 0.6 is 34.7 Å². The minimum atomic E-state index is -0.563. The second-order valence-corrected chi connectivity index (χ2v) is 13.3. The van der Waals surface area contributed by atoms with Crippen LogP contribution in [0, 0.1) is 0 Å². The maximum Gasteiger partial charge on any atom is 0.341 e. The Balaban J connectivity index is 1.30. The van der Waals surface area contributed by atoms with E-state index in [2.05, 4.69) is 16.0 Å². The van der Waals surface area contributed by atoms with Gasteiger partial charge in [-0.05, 0) is 73.5 Å². The predicted octanol–water partition coefficient (Wildman–Crippen LogP) is 8.77. The van der Waals surface area contributed by atoms with E-state index in [0.29, 0.717) is 38.0 Å². The number of carbonyl (C=O) groups is 4. The van der Waals surface area contributed by atoms with Crippen LogP contribution < -0.4 is 16.0 Å². The van der Waals surface area contributed by atoms with Crippen LogP contribution in [0.2, 0.25) is 5.02 Å². The van der Waals surface area contributed by atoms with E-state index in [0.717, 1.165) is 10.5 Å². The number of amides is 3. The molecule has 0 bridgehead atoms. The second kappa shape index (κ2) is 16.8. The summed E-state index contributed by atoms with van der Waals surface area (Å²) in [6, 6.07) is 32.0. The minimum absolute atomic E-state index is 0.0187. The van der Waals surface area contributed by atoms with Gasteiger partial charge in [0, 0.05) is 32.1 Å². The highest BCUT2D eigenvalue weighted by Crippen LogP contribution is 2.37. The van der Waals surface area contributed by atoms with Gasteiger partial charge in [-0.1, -0.05) is 78.3 Å². The van der Waals surface area contributed by atoms with Gasteiger partial charge in [-0.15, -0.1) is 23.1 Å². The third kappa shape index (κ3) is 9.48. The fraction of sp³-hybridized carbons (Fsp3) is 0.105. The maximum atomic E-state index is 13.5. The molecule has 0 aliphatic carbocycles. The van der Waals surface area contributed by atoms with Crippen LogP contribution in [0.4, 0.5) is 10.7 Å². The summed E-state index contributed by atoms with van der Waals surface area (Å²) in [5.74, 6) is -1.80. The Bertz CT molecular complexity index is 2000. The van der Waals surface area contributed by atoms with Crippen LogP contribution in [0.5, 0.6) is 0 Å². The highest BCUT2D eigenvalue weighted by atomic mass is 35.5. The topological polar surface area (TPSA) is 114 Å². The van der Waals surface area contributed by atoms with E-state index >= 15 is 0 Å². The molecule has 1 atom stereocenters. The first-order chi connectivity index (χ1) is 23.7. The molecule has 1 aromatic heterocycles. The molecule has 5 rings (SSSR count). The first kappa shape index (κ1) is 35.2. The van der Waals surface area contributed by atoms with Crippen molar-refractivity contribution in [2.75, 3.05) is 17.2 Å². The summed E-state index contributed by atoms with van der Waals surface area (Å²) in [7, 11) is 0. The molecule has 4 aromatic carbocycles. The van der Waals surface area contributed by atoms with E-state index in [-0.39, 0.29) is 18.2 Å². The highest BCUT2D eigenvalue weighted by molar-refractivity contribution is 8.00. The van der Waals surface area contributed by atoms with Crippen molar-refractivity contribution in [3.05, 3.63) is 142 Å². The normalized spacial score (nSPS) is 11.7. The number of benzene rings is 4. The van der Waals surface area contributed by atoms with Crippen LogP contribution in [0.3, 0.4) is 0 Å². The van der Waals surface area contributed by atoms with E-state index < -0.39 is 23.0 Å². The monoisotopic (exact) mass is 709 g/mol. The van der Waals surface area contributed by atoms with Crippen molar-refractivity contribution in [1.29, 1.82) is 0 Å². The van der Waals surface area contributed by atoms with Gasteiger partial charge in [-0.3, -0.25) is 14.4 Å². The molecule has 49 heavy (non-hydrogen) atoms. The van der Waals surface area contributed by atoms with Gasteiger partial charge in [0.15, 0.2) is 0 Å². The van der Waals surface area contributed by atoms with Crippen molar-refractivity contribution in [3.63, 3.8) is 0 Å². The molecule has 0 saturated carbocycles. The van der Waals surface area contributed by atoms with E-state index in [1.54, 1.807) is 92.7 Å². The summed E-state index contributed by atoms with van der Waals surface area (Å²) in [4.78, 5) is 53.5. The molecule has 5 aromatic rings. The molecule has 11 heteroatoms. The molecule has 0 spiro atoms. The standard InChI is InChI=1S/C38H32ClN3O5S2/c1-3-47-38(46)33-31(26-13-6-4-7-14-26)23-48-37(33)42-34(43)24(2)49-30-19-11-18-29(22-30)40-36(45)32(21-25-12-10-17-28(39)20-25)41-35(44)27-15-8-5-9-16-27/h4-24H,3H2,1-2H3,(H,40,45)(H,41,44)(H,42,43)/b32-21-. The lowest BCUT2D eigenvalue weighted by Gasteiger charge is -2.14. The minimum Gasteiger partial charge on any atom is -0.462 e. The Labute approximate surface area is 297 Å². The Morgan fingerprint density at radius 1 is 0.878 bits per heavy atom. The molecular formula is C38H32ClN3O5S2. The highest BCUT2D eigenvalue weighted by Gasteiger charge is 2.25. The number of anilines is 2. The zero-order chi connectivity index (χ0) is 34.8. The molecule has 0 saturated heterocycles. The molecular weight excluding hydrogens is 678 g/mol. The lowest BCUT2D eigenvalue weighted by atomic mass is 10.0. The molecule has 0 aliphatic heterocycles.